The average molecular weight is 469 g/mol. The van der Waals surface area contributed by atoms with Crippen LogP contribution < -0.4 is 5.32 Å². The zero-order chi connectivity index (χ0) is 25.4. The van der Waals surface area contributed by atoms with E-state index in [1.165, 1.54) is 16.8 Å². The highest BCUT2D eigenvalue weighted by Gasteiger charge is 2.26. The molecule has 3 heteroatoms. The normalized spacial score (nSPS) is 12.7. The Hall–Kier alpha value is -3.33. The number of benzene rings is 2. The Labute approximate surface area is 211 Å². The van der Waals surface area contributed by atoms with Gasteiger partial charge in [-0.3, -0.25) is 0 Å². The van der Waals surface area contributed by atoms with Gasteiger partial charge in [-0.15, -0.1) is 0 Å². The average Bonchev–Trinajstić information content (AvgIpc) is 3.30. The van der Waals surface area contributed by atoms with E-state index in [0.29, 0.717) is 17.7 Å². The van der Waals surface area contributed by atoms with Gasteiger partial charge in [0, 0.05) is 16.8 Å². The number of allylic oxidation sites excluding steroid dienone is 4. The molecule has 1 heterocycles. The molecule has 0 saturated carbocycles. The quantitative estimate of drug-likeness (QED) is 0.269. The first-order valence-electron chi connectivity index (χ1n) is 12.8. The SMILES string of the molecule is C=C/C=C(\C=C)c1oc(-c2ccccc2)nc1C(CCCC)Nc1c(C(C)C)cccc1C(C)C. The topological polar surface area (TPSA) is 38.1 Å². The van der Waals surface area contributed by atoms with Crippen molar-refractivity contribution in [1.29, 1.82) is 0 Å². The fourth-order valence-corrected chi connectivity index (χ4v) is 4.42. The number of hydrogen-bond donors (Lipinski definition) is 1. The van der Waals surface area contributed by atoms with Gasteiger partial charge in [0.25, 0.3) is 0 Å². The van der Waals surface area contributed by atoms with Gasteiger partial charge >= 0.3 is 0 Å². The van der Waals surface area contributed by atoms with Gasteiger partial charge in [-0.25, -0.2) is 4.98 Å². The summed E-state index contributed by atoms with van der Waals surface area (Å²) < 4.78 is 6.42. The summed E-state index contributed by atoms with van der Waals surface area (Å²) in [7, 11) is 0. The number of aromatic nitrogens is 1. The van der Waals surface area contributed by atoms with E-state index < -0.39 is 0 Å². The van der Waals surface area contributed by atoms with Crippen LogP contribution in [0.5, 0.6) is 0 Å². The molecule has 0 saturated heterocycles. The molecule has 0 aliphatic rings. The van der Waals surface area contributed by atoms with Crippen LogP contribution in [0.1, 0.15) is 94.3 Å². The first-order valence-corrected chi connectivity index (χ1v) is 12.8. The molecular weight excluding hydrogens is 428 g/mol. The third kappa shape index (κ3) is 6.22. The van der Waals surface area contributed by atoms with Crippen molar-refractivity contribution in [1.82, 2.24) is 4.98 Å². The van der Waals surface area contributed by atoms with Crippen LogP contribution in [0.3, 0.4) is 0 Å². The number of nitrogens with zero attached hydrogens (tertiary/aromatic N) is 1. The molecule has 1 unspecified atom stereocenters. The van der Waals surface area contributed by atoms with Crippen molar-refractivity contribution >= 4 is 11.3 Å². The van der Waals surface area contributed by atoms with Crippen molar-refractivity contribution in [3.8, 4) is 11.5 Å². The van der Waals surface area contributed by atoms with Crippen molar-refractivity contribution in [2.75, 3.05) is 5.32 Å². The maximum absolute atomic E-state index is 6.42. The molecule has 0 radical (unpaired) electrons. The van der Waals surface area contributed by atoms with E-state index in [1.807, 2.05) is 42.5 Å². The molecule has 3 aromatic rings. The van der Waals surface area contributed by atoms with Crippen LogP contribution >= 0.6 is 0 Å². The minimum atomic E-state index is -0.00303. The van der Waals surface area contributed by atoms with Crippen LogP contribution in [0.25, 0.3) is 17.0 Å². The van der Waals surface area contributed by atoms with Gasteiger partial charge in [-0.2, -0.15) is 0 Å². The summed E-state index contributed by atoms with van der Waals surface area (Å²) in [6, 6.07) is 16.7. The minimum absolute atomic E-state index is 0.00303. The molecule has 0 spiro atoms. The number of para-hydroxylation sites is 1. The molecule has 0 aliphatic heterocycles. The number of anilines is 1. The molecule has 3 rings (SSSR count). The summed E-state index contributed by atoms with van der Waals surface area (Å²) in [5.41, 5.74) is 6.64. The van der Waals surface area contributed by atoms with Gasteiger partial charge in [0.1, 0.15) is 5.69 Å². The summed E-state index contributed by atoms with van der Waals surface area (Å²) >= 11 is 0. The molecule has 0 fully saturated rings. The lowest BCUT2D eigenvalue weighted by molar-refractivity contribution is 0.552. The summed E-state index contributed by atoms with van der Waals surface area (Å²) in [6.45, 7) is 19.2. The molecule has 1 N–H and O–H groups in total. The Balaban J connectivity index is 2.20. The van der Waals surface area contributed by atoms with Crippen molar-refractivity contribution in [2.45, 2.75) is 71.8 Å². The maximum atomic E-state index is 6.42. The predicted molar refractivity (Wildman–Crippen MR) is 151 cm³/mol. The highest BCUT2D eigenvalue weighted by molar-refractivity contribution is 5.75. The van der Waals surface area contributed by atoms with Gasteiger partial charge in [-0.1, -0.05) is 115 Å². The second-order valence-electron chi connectivity index (χ2n) is 9.62. The lowest BCUT2D eigenvalue weighted by Gasteiger charge is -2.26. The first-order chi connectivity index (χ1) is 16.9. The lowest BCUT2D eigenvalue weighted by atomic mass is 9.91. The Kier molecular flexibility index (Phi) is 9.31. The standard InChI is InChI=1S/C32H40N2O/c1-8-11-21-28(33-29-26(22(4)5)19-15-20-27(29)23(6)7)30-31(24(10-3)16-9-2)35-32(34-30)25-17-13-12-14-18-25/h9-10,12-20,22-23,28,33H,2-3,8,11,21H2,1,4-7H3/b24-16+. The number of rotatable bonds is 12. The van der Waals surface area contributed by atoms with Crippen LogP contribution in [-0.4, -0.2) is 4.98 Å². The van der Waals surface area contributed by atoms with Crippen LogP contribution in [-0.2, 0) is 0 Å². The molecule has 184 valence electrons. The van der Waals surface area contributed by atoms with Gasteiger partial charge in [0.05, 0.1) is 6.04 Å². The predicted octanol–water partition coefficient (Wildman–Crippen LogP) is 9.69. The number of hydrogen-bond acceptors (Lipinski definition) is 3. The molecular formula is C32H40N2O. The van der Waals surface area contributed by atoms with Gasteiger partial charge < -0.3 is 9.73 Å². The fraction of sp³-hybridized carbons (Fsp3) is 0.344. The van der Waals surface area contributed by atoms with Gasteiger partial charge in [0.15, 0.2) is 5.76 Å². The zero-order valence-corrected chi connectivity index (χ0v) is 22.0. The van der Waals surface area contributed by atoms with E-state index >= 15 is 0 Å². The molecule has 3 nitrogen and oxygen atoms in total. The maximum Gasteiger partial charge on any atom is 0.227 e. The van der Waals surface area contributed by atoms with E-state index in [0.717, 1.165) is 41.9 Å². The Morgan fingerprint density at radius 1 is 0.971 bits per heavy atom. The molecule has 0 amide bonds. The van der Waals surface area contributed by atoms with Gasteiger partial charge in [-0.05, 0) is 41.5 Å². The Morgan fingerprint density at radius 2 is 1.63 bits per heavy atom. The van der Waals surface area contributed by atoms with Crippen LogP contribution in [0.2, 0.25) is 0 Å². The Morgan fingerprint density at radius 3 is 2.17 bits per heavy atom. The van der Waals surface area contributed by atoms with E-state index in [-0.39, 0.29) is 6.04 Å². The summed E-state index contributed by atoms with van der Waals surface area (Å²) in [5, 5.41) is 3.95. The molecule has 0 bridgehead atoms. The van der Waals surface area contributed by atoms with Crippen LogP contribution in [0, 0.1) is 0 Å². The zero-order valence-electron chi connectivity index (χ0n) is 22.0. The van der Waals surface area contributed by atoms with Crippen LogP contribution in [0.4, 0.5) is 5.69 Å². The van der Waals surface area contributed by atoms with E-state index in [4.69, 9.17) is 9.40 Å². The van der Waals surface area contributed by atoms with Crippen molar-refractivity contribution in [3.63, 3.8) is 0 Å². The molecule has 0 aliphatic carbocycles. The number of unbranched alkanes of at least 4 members (excludes halogenated alkanes) is 1. The second kappa shape index (κ2) is 12.4. The number of nitrogens with one attached hydrogen (secondary N) is 1. The third-order valence-corrected chi connectivity index (χ3v) is 6.32. The lowest BCUT2D eigenvalue weighted by Crippen LogP contribution is -2.16. The van der Waals surface area contributed by atoms with Crippen LogP contribution in [0.15, 0.2) is 84.3 Å². The summed E-state index contributed by atoms with van der Waals surface area (Å²) in [5.74, 6) is 2.19. The first kappa shape index (κ1) is 26.3. The molecule has 1 aromatic heterocycles. The number of oxazole rings is 1. The molecule has 1 atom stereocenters. The molecule has 2 aromatic carbocycles. The molecule has 35 heavy (non-hydrogen) atoms. The van der Waals surface area contributed by atoms with E-state index in [2.05, 4.69) is 71.3 Å². The van der Waals surface area contributed by atoms with Crippen molar-refractivity contribution in [3.05, 3.63) is 102 Å². The van der Waals surface area contributed by atoms with E-state index in [1.54, 1.807) is 6.08 Å². The summed E-state index contributed by atoms with van der Waals surface area (Å²) in [6.07, 6.45) is 8.66. The third-order valence-electron chi connectivity index (χ3n) is 6.32. The fourth-order valence-electron chi connectivity index (χ4n) is 4.42. The summed E-state index contributed by atoms with van der Waals surface area (Å²) in [4.78, 5) is 5.08. The smallest absolute Gasteiger partial charge is 0.227 e. The largest absolute Gasteiger partial charge is 0.436 e. The monoisotopic (exact) mass is 468 g/mol. The van der Waals surface area contributed by atoms with Crippen molar-refractivity contribution in [2.24, 2.45) is 0 Å². The Bertz CT molecular complexity index is 1130. The highest BCUT2D eigenvalue weighted by atomic mass is 16.4. The second-order valence-corrected chi connectivity index (χ2v) is 9.62. The van der Waals surface area contributed by atoms with Gasteiger partial charge in [0.2, 0.25) is 5.89 Å². The van der Waals surface area contributed by atoms with Crippen molar-refractivity contribution < 1.29 is 4.42 Å². The van der Waals surface area contributed by atoms with E-state index in [9.17, 15) is 0 Å². The minimum Gasteiger partial charge on any atom is -0.436 e. The highest BCUT2D eigenvalue weighted by Crippen LogP contribution is 2.39.